The first-order valence-corrected chi connectivity index (χ1v) is 10.8. The molecule has 2 saturated heterocycles. The lowest BCUT2D eigenvalue weighted by atomic mass is 9.95. The maximum absolute atomic E-state index is 13.2. The number of rotatable bonds is 4. The first-order valence-electron chi connectivity index (χ1n) is 10.8. The van der Waals surface area contributed by atoms with Gasteiger partial charge in [0, 0.05) is 50.5 Å². The van der Waals surface area contributed by atoms with Gasteiger partial charge in [-0.2, -0.15) is 0 Å². The monoisotopic (exact) mass is 397 g/mol. The Morgan fingerprint density at radius 3 is 2.76 bits per heavy atom. The maximum atomic E-state index is 13.2. The van der Waals surface area contributed by atoms with E-state index in [1.165, 1.54) is 12.5 Å². The molecular formula is C23H31N3O3. The molecule has 0 aromatic heterocycles. The van der Waals surface area contributed by atoms with Gasteiger partial charge in [-0.3, -0.25) is 14.5 Å². The van der Waals surface area contributed by atoms with Crippen molar-refractivity contribution in [2.45, 2.75) is 25.7 Å². The molecule has 6 heteroatoms. The van der Waals surface area contributed by atoms with E-state index < -0.39 is 0 Å². The highest BCUT2D eigenvalue weighted by molar-refractivity contribution is 6.02. The Bertz CT molecular complexity index is 773. The van der Waals surface area contributed by atoms with E-state index in [4.69, 9.17) is 4.74 Å². The van der Waals surface area contributed by atoms with Crippen LogP contribution in [0.3, 0.4) is 0 Å². The summed E-state index contributed by atoms with van der Waals surface area (Å²) in [7, 11) is 0. The van der Waals surface area contributed by atoms with E-state index in [0.29, 0.717) is 12.5 Å². The summed E-state index contributed by atoms with van der Waals surface area (Å²) in [5, 5.41) is 0. The molecule has 29 heavy (non-hydrogen) atoms. The molecule has 3 heterocycles. The summed E-state index contributed by atoms with van der Waals surface area (Å²) in [6, 6.07) is 5.80. The fourth-order valence-corrected chi connectivity index (χ4v) is 4.80. The standard InChI is InChI=1S/C23H31N3O3/c1-2-22(27)26-10-4-6-19-15-20(7-8-21(19)26)23(28)25-9-3-5-18(17-25)16-24-11-13-29-14-12-24/h2,7-8,15,18H,1,3-6,9-14,16-17H2/t18-/m0/s1. The van der Waals surface area contributed by atoms with Gasteiger partial charge in [-0.05, 0) is 61.4 Å². The Morgan fingerprint density at radius 2 is 1.97 bits per heavy atom. The predicted octanol–water partition coefficient (Wildman–Crippen LogP) is 2.34. The molecule has 6 nitrogen and oxygen atoms in total. The molecule has 3 aliphatic heterocycles. The fraction of sp³-hybridized carbons (Fsp3) is 0.565. The zero-order valence-corrected chi connectivity index (χ0v) is 17.1. The van der Waals surface area contributed by atoms with Crippen LogP contribution < -0.4 is 4.90 Å². The lowest BCUT2D eigenvalue weighted by Crippen LogP contribution is -2.46. The maximum Gasteiger partial charge on any atom is 0.253 e. The van der Waals surface area contributed by atoms with Gasteiger partial charge < -0.3 is 14.5 Å². The number of hydrogen-bond acceptors (Lipinski definition) is 4. The zero-order valence-electron chi connectivity index (χ0n) is 17.1. The van der Waals surface area contributed by atoms with Crippen molar-refractivity contribution in [1.82, 2.24) is 9.80 Å². The largest absolute Gasteiger partial charge is 0.379 e. The highest BCUT2D eigenvalue weighted by Crippen LogP contribution is 2.29. The van der Waals surface area contributed by atoms with Crippen LogP contribution in [0.1, 0.15) is 35.2 Å². The molecule has 4 rings (SSSR count). The number of fused-ring (bicyclic) bond motifs is 1. The summed E-state index contributed by atoms with van der Waals surface area (Å²) in [5.41, 5.74) is 2.74. The Hall–Kier alpha value is -2.18. The molecule has 0 unspecified atom stereocenters. The molecule has 0 radical (unpaired) electrons. The van der Waals surface area contributed by atoms with Crippen molar-refractivity contribution in [3.05, 3.63) is 42.0 Å². The van der Waals surface area contributed by atoms with E-state index in [0.717, 1.165) is 82.0 Å². The van der Waals surface area contributed by atoms with Gasteiger partial charge in [-0.15, -0.1) is 0 Å². The first kappa shape index (κ1) is 20.1. The molecule has 0 bridgehead atoms. The molecule has 2 amide bonds. The number of ether oxygens (including phenoxy) is 1. The van der Waals surface area contributed by atoms with Crippen molar-refractivity contribution in [1.29, 1.82) is 0 Å². The van der Waals surface area contributed by atoms with Crippen LogP contribution in [0.5, 0.6) is 0 Å². The summed E-state index contributed by atoms with van der Waals surface area (Å²) < 4.78 is 5.44. The van der Waals surface area contributed by atoms with Gasteiger partial charge >= 0.3 is 0 Å². The highest BCUT2D eigenvalue weighted by Gasteiger charge is 2.28. The second-order valence-corrected chi connectivity index (χ2v) is 8.31. The quantitative estimate of drug-likeness (QED) is 0.732. The zero-order chi connectivity index (χ0) is 20.2. The number of anilines is 1. The minimum Gasteiger partial charge on any atom is -0.379 e. The third kappa shape index (κ3) is 4.54. The van der Waals surface area contributed by atoms with Gasteiger partial charge in [0.15, 0.2) is 0 Å². The molecule has 1 atom stereocenters. The number of morpholine rings is 1. The van der Waals surface area contributed by atoms with Crippen LogP contribution in [0.15, 0.2) is 30.9 Å². The molecule has 1 aromatic rings. The van der Waals surface area contributed by atoms with Gasteiger partial charge in [0.05, 0.1) is 13.2 Å². The van der Waals surface area contributed by atoms with Gasteiger partial charge in [-0.1, -0.05) is 6.58 Å². The third-order valence-electron chi connectivity index (χ3n) is 6.31. The molecule has 2 fully saturated rings. The van der Waals surface area contributed by atoms with Crippen LogP contribution in [0.25, 0.3) is 0 Å². The first-order chi connectivity index (χ1) is 14.2. The van der Waals surface area contributed by atoms with Gasteiger partial charge in [0.25, 0.3) is 5.91 Å². The Labute approximate surface area is 173 Å². The summed E-state index contributed by atoms with van der Waals surface area (Å²) in [6.07, 6.45) is 5.42. The van der Waals surface area contributed by atoms with Crippen molar-refractivity contribution in [2.24, 2.45) is 5.92 Å². The average Bonchev–Trinajstić information content (AvgIpc) is 2.78. The number of amides is 2. The molecular weight excluding hydrogens is 366 g/mol. The number of carbonyl (C=O) groups excluding carboxylic acids is 2. The Balaban J connectivity index is 1.43. The van der Waals surface area contributed by atoms with Crippen LogP contribution in [0, 0.1) is 5.92 Å². The number of piperidine rings is 1. The van der Waals surface area contributed by atoms with Gasteiger partial charge in [0.2, 0.25) is 5.91 Å². The number of aryl methyl sites for hydroxylation is 1. The van der Waals surface area contributed by atoms with E-state index in [-0.39, 0.29) is 11.8 Å². The van der Waals surface area contributed by atoms with Crippen LogP contribution in [0.2, 0.25) is 0 Å². The summed E-state index contributed by atoms with van der Waals surface area (Å²) in [6.45, 7) is 10.6. The number of nitrogens with zero attached hydrogens (tertiary/aromatic N) is 3. The highest BCUT2D eigenvalue weighted by atomic mass is 16.5. The van der Waals surface area contributed by atoms with E-state index >= 15 is 0 Å². The second kappa shape index (κ2) is 9.09. The lowest BCUT2D eigenvalue weighted by molar-refractivity contribution is -0.114. The number of carbonyl (C=O) groups is 2. The molecule has 0 spiro atoms. The number of benzene rings is 1. The summed E-state index contributed by atoms with van der Waals surface area (Å²) >= 11 is 0. The van der Waals surface area contributed by atoms with Crippen LogP contribution >= 0.6 is 0 Å². The fourth-order valence-electron chi connectivity index (χ4n) is 4.80. The van der Waals surface area contributed by atoms with Crippen LogP contribution in [-0.2, 0) is 16.0 Å². The van der Waals surface area contributed by atoms with E-state index in [9.17, 15) is 9.59 Å². The van der Waals surface area contributed by atoms with Gasteiger partial charge in [0.1, 0.15) is 0 Å². The molecule has 0 saturated carbocycles. The number of hydrogen-bond donors (Lipinski definition) is 0. The average molecular weight is 398 g/mol. The van der Waals surface area contributed by atoms with Gasteiger partial charge in [-0.25, -0.2) is 0 Å². The SMILES string of the molecule is C=CC(=O)N1CCCc2cc(C(=O)N3CCC[C@@H](CN4CCOCC4)C3)ccc21. The lowest BCUT2D eigenvalue weighted by Gasteiger charge is -2.37. The molecule has 1 aromatic carbocycles. The second-order valence-electron chi connectivity index (χ2n) is 8.31. The summed E-state index contributed by atoms with van der Waals surface area (Å²) in [4.78, 5) is 31.6. The van der Waals surface area contributed by atoms with E-state index in [1.807, 2.05) is 23.1 Å². The number of likely N-dealkylation sites (tertiary alicyclic amines) is 1. The van der Waals surface area contributed by atoms with E-state index in [2.05, 4.69) is 11.5 Å². The van der Waals surface area contributed by atoms with Crippen molar-refractivity contribution in [2.75, 3.05) is 57.4 Å². The van der Waals surface area contributed by atoms with Crippen molar-refractivity contribution < 1.29 is 14.3 Å². The Morgan fingerprint density at radius 1 is 1.14 bits per heavy atom. The smallest absolute Gasteiger partial charge is 0.253 e. The van der Waals surface area contributed by atoms with Crippen LogP contribution in [-0.4, -0.2) is 74.1 Å². The normalized spacial score (nSPS) is 22.8. The molecule has 0 N–H and O–H groups in total. The van der Waals surface area contributed by atoms with Crippen molar-refractivity contribution in [3.63, 3.8) is 0 Å². The van der Waals surface area contributed by atoms with Crippen LogP contribution in [0.4, 0.5) is 5.69 Å². The Kier molecular flexibility index (Phi) is 6.31. The molecule has 3 aliphatic rings. The third-order valence-corrected chi connectivity index (χ3v) is 6.31. The summed E-state index contributed by atoms with van der Waals surface area (Å²) in [5.74, 6) is 0.572. The predicted molar refractivity (Wildman–Crippen MR) is 113 cm³/mol. The van der Waals surface area contributed by atoms with Crippen molar-refractivity contribution >= 4 is 17.5 Å². The van der Waals surface area contributed by atoms with E-state index in [1.54, 1.807) is 4.90 Å². The minimum atomic E-state index is -0.0768. The minimum absolute atomic E-state index is 0.0768. The van der Waals surface area contributed by atoms with Crippen molar-refractivity contribution in [3.8, 4) is 0 Å². The molecule has 0 aliphatic carbocycles. The molecule has 156 valence electrons. The topological polar surface area (TPSA) is 53.1 Å².